The number of nitrogens with one attached hydrogen (secondary N) is 4. The Hall–Kier alpha value is -4.34. The summed E-state index contributed by atoms with van der Waals surface area (Å²) in [5.41, 5.74) is 17.2. The largest absolute Gasteiger partial charge is 0.508 e. The normalized spacial score (nSPS) is 21.7. The van der Waals surface area contributed by atoms with Gasteiger partial charge in [-0.25, -0.2) is 0 Å². The molecule has 0 radical (unpaired) electrons. The second kappa shape index (κ2) is 21.1. The predicted octanol–water partition coefficient (Wildman–Crippen LogP) is 0.515. The van der Waals surface area contributed by atoms with E-state index < -0.39 is 76.9 Å². The number of carbonyl (C=O) groups excluding carboxylic acids is 5. The van der Waals surface area contributed by atoms with Crippen molar-refractivity contribution < 1.29 is 39.0 Å². The lowest BCUT2D eigenvalue weighted by atomic mass is 9.77. The lowest BCUT2D eigenvalue weighted by Gasteiger charge is -2.29. The highest BCUT2D eigenvalue weighted by atomic mass is 16.4. The summed E-state index contributed by atoms with van der Waals surface area (Å²) in [6.45, 7) is 5.90. The molecule has 0 saturated heterocycles. The zero-order chi connectivity index (χ0) is 38.1. The molecular formula is C36H57N7O8. The van der Waals surface area contributed by atoms with Gasteiger partial charge in [0.2, 0.25) is 23.6 Å². The Labute approximate surface area is 299 Å². The van der Waals surface area contributed by atoms with E-state index in [1.807, 2.05) is 0 Å². The van der Waals surface area contributed by atoms with Crippen LogP contribution in [0.3, 0.4) is 0 Å². The summed E-state index contributed by atoms with van der Waals surface area (Å²) in [4.78, 5) is 79.9. The number of rotatable bonds is 16. The molecule has 1 aliphatic heterocycles. The van der Waals surface area contributed by atoms with Crippen molar-refractivity contribution in [1.82, 2.24) is 21.3 Å². The number of amides is 4. The van der Waals surface area contributed by atoms with E-state index >= 15 is 0 Å². The summed E-state index contributed by atoms with van der Waals surface area (Å²) < 4.78 is 0. The molecule has 2 rings (SSSR count). The summed E-state index contributed by atoms with van der Waals surface area (Å²) in [5, 5.41) is 30.5. The highest BCUT2D eigenvalue weighted by molar-refractivity contribution is 5.96. The molecule has 0 fully saturated rings. The predicted molar refractivity (Wildman–Crippen MR) is 192 cm³/mol. The molecule has 0 bridgehead atoms. The fourth-order valence-corrected chi connectivity index (χ4v) is 5.65. The Kier molecular flexibility index (Phi) is 17.7. The molecule has 0 saturated carbocycles. The lowest BCUT2D eigenvalue weighted by Crippen LogP contribution is -2.58. The van der Waals surface area contributed by atoms with Gasteiger partial charge >= 0.3 is 5.97 Å². The Morgan fingerprint density at radius 1 is 0.843 bits per heavy atom. The standard InChI is InChI=1S/C36H57N7O8/c1-36(2,3)24(35(50)51)21-30(45)29(20-22-14-16-23(44)17-15-22)43-34(49)27-11-5-4-10-25(39)31(46)40-26(12-6-8-18-37)32(47)42-28(33(48)41-27)13-7-9-19-38/h4-5,14-17,24-29,44H,6-13,18-21,37-39H2,1-3H3,(H,40,46)(H,41,48)(H,42,47)(H,43,49)(H,50,51)/t24-,25+,26+,27+,28+,29+/m1/s1. The Bertz CT molecular complexity index is 1360. The summed E-state index contributed by atoms with van der Waals surface area (Å²) in [6.07, 6.45) is 5.57. The highest BCUT2D eigenvalue weighted by Crippen LogP contribution is 2.30. The van der Waals surface area contributed by atoms with Crippen LogP contribution in [0.15, 0.2) is 36.4 Å². The van der Waals surface area contributed by atoms with E-state index in [0.29, 0.717) is 44.3 Å². The van der Waals surface area contributed by atoms with Gasteiger partial charge in [0.1, 0.15) is 23.9 Å². The SMILES string of the molecule is CC(C)(C)[C@H](CC(=O)[C@H](Cc1ccc(O)cc1)NC(=O)[C@@H]1CC=CC[C@H](N)C(=O)N[C@@H](CCCCN)C(=O)N[C@@H](CCCCN)C(=O)N1)C(=O)O. The zero-order valence-corrected chi connectivity index (χ0v) is 30.0. The van der Waals surface area contributed by atoms with Crippen molar-refractivity contribution in [3.8, 4) is 5.75 Å². The number of ketones is 1. The quantitative estimate of drug-likeness (QED) is 0.0841. The third-order valence-corrected chi connectivity index (χ3v) is 8.89. The molecule has 0 spiro atoms. The number of phenols is 1. The average Bonchev–Trinajstić information content (AvgIpc) is 3.06. The van der Waals surface area contributed by atoms with Crippen molar-refractivity contribution in [3.63, 3.8) is 0 Å². The van der Waals surface area contributed by atoms with Gasteiger partial charge in [-0.1, -0.05) is 45.1 Å². The topological polar surface area (TPSA) is 269 Å². The van der Waals surface area contributed by atoms with E-state index in [9.17, 15) is 39.0 Å². The number of hydrogen-bond acceptors (Lipinski definition) is 10. The van der Waals surface area contributed by atoms with Gasteiger partial charge in [0.05, 0.1) is 18.0 Å². The van der Waals surface area contributed by atoms with Crippen molar-refractivity contribution in [2.75, 3.05) is 13.1 Å². The number of aliphatic carboxylic acids is 1. The maximum atomic E-state index is 13.9. The number of aromatic hydroxyl groups is 1. The van der Waals surface area contributed by atoms with Gasteiger partial charge in [-0.2, -0.15) is 0 Å². The van der Waals surface area contributed by atoms with E-state index in [2.05, 4.69) is 21.3 Å². The number of Topliss-reactive ketones (excluding diaryl/α,β-unsaturated/α-hetero) is 1. The minimum Gasteiger partial charge on any atom is -0.508 e. The van der Waals surface area contributed by atoms with Crippen LogP contribution in [0.1, 0.15) is 84.1 Å². The van der Waals surface area contributed by atoms with Crippen LogP contribution in [0.4, 0.5) is 0 Å². The van der Waals surface area contributed by atoms with Gasteiger partial charge in [-0.15, -0.1) is 0 Å². The first kappa shape index (κ1) is 42.8. The molecule has 1 aromatic rings. The maximum absolute atomic E-state index is 13.9. The van der Waals surface area contributed by atoms with Crippen LogP contribution in [-0.4, -0.2) is 88.9 Å². The summed E-state index contributed by atoms with van der Waals surface area (Å²) >= 11 is 0. The van der Waals surface area contributed by atoms with Gasteiger partial charge in [0.25, 0.3) is 0 Å². The van der Waals surface area contributed by atoms with Crippen molar-refractivity contribution in [2.45, 2.75) is 115 Å². The van der Waals surface area contributed by atoms with E-state index in [1.165, 1.54) is 12.1 Å². The average molecular weight is 716 g/mol. The number of unbranched alkanes of at least 4 members (excludes halogenated alkanes) is 2. The third-order valence-electron chi connectivity index (χ3n) is 8.89. The van der Waals surface area contributed by atoms with Gasteiger partial charge in [-0.05, 0) is 94.0 Å². The molecule has 4 amide bonds. The summed E-state index contributed by atoms with van der Waals surface area (Å²) in [7, 11) is 0. The minimum absolute atomic E-state index is 0.00532. The van der Waals surface area contributed by atoms with Crippen LogP contribution in [0.2, 0.25) is 0 Å². The van der Waals surface area contributed by atoms with E-state index in [0.717, 1.165) is 0 Å². The number of carboxylic acids is 1. The minimum atomic E-state index is -1.22. The van der Waals surface area contributed by atoms with Crippen LogP contribution in [0.5, 0.6) is 5.75 Å². The summed E-state index contributed by atoms with van der Waals surface area (Å²) in [5.74, 6) is -5.20. The first-order chi connectivity index (χ1) is 24.1. The number of benzene rings is 1. The second-order valence-corrected chi connectivity index (χ2v) is 14.2. The molecule has 6 atom stereocenters. The molecule has 1 heterocycles. The van der Waals surface area contributed by atoms with Gasteiger partial charge < -0.3 is 48.7 Å². The van der Waals surface area contributed by atoms with E-state index in [-0.39, 0.29) is 44.3 Å². The van der Waals surface area contributed by atoms with Gasteiger partial charge in [0.15, 0.2) is 5.78 Å². The smallest absolute Gasteiger partial charge is 0.307 e. The highest BCUT2D eigenvalue weighted by Gasteiger charge is 2.37. The molecule has 284 valence electrons. The molecule has 15 heteroatoms. The molecule has 0 unspecified atom stereocenters. The molecule has 15 nitrogen and oxygen atoms in total. The van der Waals surface area contributed by atoms with E-state index in [1.54, 1.807) is 45.1 Å². The Morgan fingerprint density at radius 2 is 1.37 bits per heavy atom. The summed E-state index contributed by atoms with van der Waals surface area (Å²) in [6, 6.07) is 0.607. The molecule has 1 aliphatic rings. The number of phenolic OH excluding ortho intramolecular Hbond substituents is 1. The Balaban J connectivity index is 2.45. The monoisotopic (exact) mass is 715 g/mol. The van der Waals surface area contributed by atoms with Crippen LogP contribution >= 0.6 is 0 Å². The second-order valence-electron chi connectivity index (χ2n) is 14.2. The zero-order valence-electron chi connectivity index (χ0n) is 30.0. The van der Waals surface area contributed by atoms with Crippen molar-refractivity contribution in [1.29, 1.82) is 0 Å². The first-order valence-electron chi connectivity index (χ1n) is 17.6. The molecule has 0 aromatic heterocycles. The van der Waals surface area contributed by atoms with Crippen LogP contribution in [-0.2, 0) is 35.2 Å². The third kappa shape index (κ3) is 14.8. The number of carboxylic acid groups (broad SMARTS) is 1. The van der Waals surface area contributed by atoms with Gasteiger partial charge in [-0.3, -0.25) is 28.8 Å². The fourth-order valence-electron chi connectivity index (χ4n) is 5.65. The Morgan fingerprint density at radius 3 is 1.90 bits per heavy atom. The molecule has 51 heavy (non-hydrogen) atoms. The number of carbonyl (C=O) groups is 6. The van der Waals surface area contributed by atoms with Crippen molar-refractivity contribution in [3.05, 3.63) is 42.0 Å². The van der Waals surface area contributed by atoms with Gasteiger partial charge in [0, 0.05) is 6.42 Å². The maximum Gasteiger partial charge on any atom is 0.307 e. The van der Waals surface area contributed by atoms with Crippen LogP contribution in [0.25, 0.3) is 0 Å². The molecule has 1 aromatic carbocycles. The first-order valence-corrected chi connectivity index (χ1v) is 17.6. The molecular weight excluding hydrogens is 658 g/mol. The van der Waals surface area contributed by atoms with E-state index in [4.69, 9.17) is 17.2 Å². The number of hydrogen-bond donors (Lipinski definition) is 9. The number of nitrogens with two attached hydrogens (primary N) is 3. The van der Waals surface area contributed by atoms with Crippen molar-refractivity contribution >= 4 is 35.4 Å². The lowest BCUT2D eigenvalue weighted by molar-refractivity contribution is -0.148. The van der Waals surface area contributed by atoms with Crippen LogP contribution in [0, 0.1) is 11.3 Å². The fraction of sp³-hybridized carbons (Fsp3) is 0.611. The molecule has 0 aliphatic carbocycles. The van der Waals surface area contributed by atoms with Crippen LogP contribution < -0.4 is 38.5 Å². The molecule has 12 N–H and O–H groups in total. The van der Waals surface area contributed by atoms with Crippen molar-refractivity contribution in [2.24, 2.45) is 28.5 Å².